The first-order valence-electron chi connectivity index (χ1n) is 13.8. The molecule has 0 N–H and O–H groups in total. The van der Waals surface area contributed by atoms with Gasteiger partial charge in [0.1, 0.15) is 0 Å². The number of hydrogen-bond acceptors (Lipinski definition) is 10. The number of nitrogens with zero attached hydrogens (tertiary/aromatic N) is 4. The number of ether oxygens (including phenoxy) is 1. The molecule has 16 heteroatoms. The molecule has 12 nitrogen and oxygen atoms in total. The average molecular weight is 635 g/mol. The van der Waals surface area contributed by atoms with Gasteiger partial charge in [-0.15, -0.1) is 0 Å². The molecule has 2 heterocycles. The number of methoxy groups -OCH3 is 1. The van der Waals surface area contributed by atoms with Gasteiger partial charge in [0.15, 0.2) is 0 Å². The van der Waals surface area contributed by atoms with E-state index in [0.717, 1.165) is 44.8 Å². The van der Waals surface area contributed by atoms with Gasteiger partial charge in [-0.1, -0.05) is 0 Å². The molecule has 0 radical (unpaired) electrons. The zero-order valence-electron chi connectivity index (χ0n) is 25.6. The standard InChI is InChI=1S/C24H50N4O8Si4/c1-29-19-9-10-20-38(8,36-40(32-4,33-5)22-12-16-28-18-14-26-24-28)34-37(6,7)35-39(30-2,31-3)21-11-15-27-17-13-25-23-27/h13-14,17-18,23-24H,9-12,15-16,19-22H2,1-8H3. The molecule has 0 aromatic carbocycles. The van der Waals surface area contributed by atoms with Gasteiger partial charge < -0.3 is 43.9 Å². The van der Waals surface area contributed by atoms with Gasteiger partial charge in [0, 0.05) is 92.1 Å². The predicted molar refractivity (Wildman–Crippen MR) is 161 cm³/mol. The quantitative estimate of drug-likeness (QED) is 0.130. The van der Waals surface area contributed by atoms with Crippen molar-refractivity contribution in [3.63, 3.8) is 0 Å². The van der Waals surface area contributed by atoms with Crippen LogP contribution >= 0.6 is 0 Å². The Kier molecular flexibility index (Phi) is 15.1. The van der Waals surface area contributed by atoms with Gasteiger partial charge in [0.05, 0.1) is 12.7 Å². The summed E-state index contributed by atoms with van der Waals surface area (Å²) in [6.45, 7) is 8.45. The summed E-state index contributed by atoms with van der Waals surface area (Å²) in [6.07, 6.45) is 14.5. The van der Waals surface area contributed by atoms with Crippen LogP contribution in [0.5, 0.6) is 0 Å². The van der Waals surface area contributed by atoms with Crippen LogP contribution in [0.4, 0.5) is 0 Å². The predicted octanol–water partition coefficient (Wildman–Crippen LogP) is 4.27. The lowest BCUT2D eigenvalue weighted by Gasteiger charge is -2.42. The third-order valence-electron chi connectivity index (χ3n) is 6.62. The minimum absolute atomic E-state index is 0.661. The van der Waals surface area contributed by atoms with Crippen molar-refractivity contribution >= 4 is 34.7 Å². The van der Waals surface area contributed by atoms with E-state index < -0.39 is 34.7 Å². The normalized spacial score (nSPS) is 14.5. The van der Waals surface area contributed by atoms with Crippen LogP contribution in [-0.4, -0.2) is 96.0 Å². The molecular formula is C24H50N4O8Si4. The maximum atomic E-state index is 6.94. The topological polar surface area (TPSA) is 109 Å². The SMILES string of the molecule is COCCCC[Si](C)(O[Si](C)(C)O[Si](CCCn1ccnc1)(OC)OC)O[Si](CCCn1ccnc1)(OC)OC. The fourth-order valence-corrected chi connectivity index (χ4v) is 21.8. The molecule has 2 aromatic rings. The highest BCUT2D eigenvalue weighted by Gasteiger charge is 2.53. The van der Waals surface area contributed by atoms with Crippen LogP contribution in [0.1, 0.15) is 25.7 Å². The van der Waals surface area contributed by atoms with Crippen LogP contribution in [0.25, 0.3) is 0 Å². The molecule has 0 bridgehead atoms. The molecule has 1 unspecified atom stereocenters. The summed E-state index contributed by atoms with van der Waals surface area (Å²) in [6, 6.07) is 2.08. The molecule has 230 valence electrons. The summed E-state index contributed by atoms with van der Waals surface area (Å²) in [5, 5.41) is 0. The number of unbranched alkanes of at least 4 members (excludes halogenated alkanes) is 1. The van der Waals surface area contributed by atoms with Crippen molar-refractivity contribution in [2.45, 2.75) is 76.5 Å². The van der Waals surface area contributed by atoms with Crippen molar-refractivity contribution in [3.05, 3.63) is 37.4 Å². The molecule has 1 atom stereocenters. The van der Waals surface area contributed by atoms with E-state index >= 15 is 0 Å². The molecule has 0 amide bonds. The Labute approximate surface area is 244 Å². The smallest absolute Gasteiger partial charge is 0.416 e. The molecule has 0 saturated carbocycles. The molecule has 0 spiro atoms. The molecule has 0 saturated heterocycles. The van der Waals surface area contributed by atoms with Crippen molar-refractivity contribution in [2.75, 3.05) is 42.2 Å². The molecule has 2 aromatic heterocycles. The lowest BCUT2D eigenvalue weighted by atomic mass is 10.4. The second-order valence-corrected chi connectivity index (χ2v) is 23.7. The van der Waals surface area contributed by atoms with Gasteiger partial charge in [0.2, 0.25) is 0 Å². The zero-order valence-corrected chi connectivity index (χ0v) is 29.6. The minimum Gasteiger partial charge on any atom is -0.416 e. The van der Waals surface area contributed by atoms with Crippen molar-refractivity contribution in [3.8, 4) is 0 Å². The molecule has 0 aliphatic carbocycles. The number of rotatable bonds is 23. The Morgan fingerprint density at radius 3 is 1.52 bits per heavy atom. The van der Waals surface area contributed by atoms with Gasteiger partial charge in [-0.2, -0.15) is 0 Å². The van der Waals surface area contributed by atoms with Gasteiger partial charge >= 0.3 is 34.7 Å². The molecule has 0 fully saturated rings. The summed E-state index contributed by atoms with van der Waals surface area (Å²) in [4.78, 5) is 8.24. The maximum absolute atomic E-state index is 6.94. The Hall–Kier alpha value is -1.03. The lowest BCUT2D eigenvalue weighted by molar-refractivity contribution is 0.127. The van der Waals surface area contributed by atoms with Crippen molar-refractivity contribution in [1.82, 2.24) is 19.1 Å². The summed E-state index contributed by atoms with van der Waals surface area (Å²) >= 11 is 0. The van der Waals surface area contributed by atoms with Crippen LogP contribution in [0, 0.1) is 0 Å². The fraction of sp³-hybridized carbons (Fsp3) is 0.750. The Balaban J connectivity index is 2.16. The molecule has 0 aliphatic rings. The summed E-state index contributed by atoms with van der Waals surface area (Å²) in [5.74, 6) is 0. The van der Waals surface area contributed by atoms with Crippen LogP contribution in [-0.2, 0) is 47.9 Å². The molecule has 40 heavy (non-hydrogen) atoms. The van der Waals surface area contributed by atoms with E-state index in [4.69, 9.17) is 34.8 Å². The monoisotopic (exact) mass is 634 g/mol. The Bertz CT molecular complexity index is 918. The lowest BCUT2D eigenvalue weighted by Crippen LogP contribution is -2.61. The molecule has 0 aliphatic heterocycles. The largest absolute Gasteiger partial charge is 0.491 e. The van der Waals surface area contributed by atoms with Gasteiger partial charge in [0.25, 0.3) is 0 Å². The first kappa shape index (κ1) is 35.2. The fourth-order valence-electron chi connectivity index (χ4n) is 4.70. The van der Waals surface area contributed by atoms with E-state index in [1.54, 1.807) is 54.3 Å². The van der Waals surface area contributed by atoms with Crippen LogP contribution in [0.2, 0.25) is 37.8 Å². The van der Waals surface area contributed by atoms with Crippen molar-refractivity contribution in [2.24, 2.45) is 0 Å². The van der Waals surface area contributed by atoms with E-state index in [-0.39, 0.29) is 0 Å². The zero-order chi connectivity index (χ0) is 29.5. The summed E-state index contributed by atoms with van der Waals surface area (Å²) in [7, 11) is -3.32. The Morgan fingerprint density at radius 1 is 0.600 bits per heavy atom. The van der Waals surface area contributed by atoms with E-state index in [1.165, 1.54) is 0 Å². The van der Waals surface area contributed by atoms with Gasteiger partial charge in [-0.05, 0) is 51.4 Å². The summed E-state index contributed by atoms with van der Waals surface area (Å²) < 4.78 is 53.8. The van der Waals surface area contributed by atoms with Crippen molar-refractivity contribution in [1.29, 1.82) is 0 Å². The average Bonchev–Trinajstić information content (AvgIpc) is 3.64. The van der Waals surface area contributed by atoms with E-state index in [0.29, 0.717) is 18.7 Å². The molecular weight excluding hydrogens is 585 g/mol. The first-order valence-corrected chi connectivity index (χ1v) is 23.0. The van der Waals surface area contributed by atoms with Gasteiger partial charge in [-0.3, -0.25) is 0 Å². The second kappa shape index (κ2) is 17.2. The van der Waals surface area contributed by atoms with E-state index in [1.807, 2.05) is 40.9 Å². The highest BCUT2D eigenvalue weighted by molar-refractivity contribution is 6.87. The van der Waals surface area contributed by atoms with Crippen LogP contribution in [0.3, 0.4) is 0 Å². The maximum Gasteiger partial charge on any atom is 0.491 e. The first-order chi connectivity index (χ1) is 19.1. The highest BCUT2D eigenvalue weighted by Crippen LogP contribution is 2.32. The number of hydrogen-bond donors (Lipinski definition) is 0. The molecule has 2 rings (SSSR count). The summed E-state index contributed by atoms with van der Waals surface area (Å²) in [5.41, 5.74) is 0. The third-order valence-corrected chi connectivity index (χ3v) is 22.2. The number of aryl methyl sites for hydroxylation is 2. The van der Waals surface area contributed by atoms with Crippen LogP contribution in [0.15, 0.2) is 37.4 Å². The van der Waals surface area contributed by atoms with Crippen molar-refractivity contribution < 1.29 is 34.8 Å². The van der Waals surface area contributed by atoms with E-state index in [9.17, 15) is 0 Å². The highest BCUT2D eigenvalue weighted by atomic mass is 28.5. The number of aromatic nitrogens is 4. The minimum atomic E-state index is -3.03. The van der Waals surface area contributed by atoms with E-state index in [2.05, 4.69) is 16.5 Å². The third kappa shape index (κ3) is 11.7. The number of imidazole rings is 2. The van der Waals surface area contributed by atoms with Crippen LogP contribution < -0.4 is 0 Å². The van der Waals surface area contributed by atoms with Gasteiger partial charge in [-0.25, -0.2) is 9.97 Å². The Morgan fingerprint density at radius 2 is 1.10 bits per heavy atom. The second-order valence-electron chi connectivity index (χ2n) is 10.3.